The molecule has 0 unspecified atom stereocenters. The number of fused-ring (bicyclic) bond motifs is 1. The molecule has 1 aromatic carbocycles. The second-order valence-electron chi connectivity index (χ2n) is 9.54. The Morgan fingerprint density at radius 2 is 1.76 bits per heavy atom. The smallest absolute Gasteiger partial charge is 0.324 e. The monoisotopic (exact) mass is 464 g/mol. The molecule has 11 heteroatoms. The lowest BCUT2D eigenvalue weighted by atomic mass is 9.92. The number of ether oxygens (including phenoxy) is 1. The Bertz CT molecular complexity index is 1240. The summed E-state index contributed by atoms with van der Waals surface area (Å²) in [5.74, 6) is 1.41. The zero-order valence-electron chi connectivity index (χ0n) is 20.0. The van der Waals surface area contributed by atoms with Crippen molar-refractivity contribution in [2.24, 2.45) is 7.05 Å². The van der Waals surface area contributed by atoms with E-state index in [4.69, 9.17) is 4.74 Å². The molecule has 0 aliphatic carbocycles. The SMILES string of the molecule is Cn1nc(C(C)(C)C)cc1NC(=O)Nc1ccc(Nc2ncnc3c2OC(C)(C)C(=O)N3)cc1. The Labute approximate surface area is 197 Å². The molecule has 4 N–H and O–H groups in total. The largest absolute Gasteiger partial charge is 0.470 e. The fourth-order valence-corrected chi connectivity index (χ4v) is 3.21. The van der Waals surface area contributed by atoms with Crippen LogP contribution in [0.1, 0.15) is 40.3 Å². The first-order valence-electron chi connectivity index (χ1n) is 10.8. The van der Waals surface area contributed by atoms with E-state index in [0.29, 0.717) is 34.6 Å². The van der Waals surface area contributed by atoms with Crippen LogP contribution in [-0.4, -0.2) is 37.3 Å². The third-order valence-corrected chi connectivity index (χ3v) is 5.24. The molecular formula is C23H28N8O3. The number of benzene rings is 1. The van der Waals surface area contributed by atoms with Crippen molar-refractivity contribution in [3.63, 3.8) is 0 Å². The number of aryl methyl sites for hydroxylation is 1. The maximum absolute atomic E-state index is 12.5. The molecule has 0 saturated heterocycles. The molecule has 1 aliphatic heterocycles. The second kappa shape index (κ2) is 8.32. The highest BCUT2D eigenvalue weighted by Crippen LogP contribution is 2.38. The number of hydrogen-bond acceptors (Lipinski definition) is 7. The summed E-state index contributed by atoms with van der Waals surface area (Å²) >= 11 is 0. The lowest BCUT2D eigenvalue weighted by Gasteiger charge is -2.31. The number of carbonyl (C=O) groups is 2. The molecule has 3 heterocycles. The van der Waals surface area contributed by atoms with Crippen LogP contribution in [0, 0.1) is 0 Å². The maximum atomic E-state index is 12.5. The van der Waals surface area contributed by atoms with E-state index in [1.165, 1.54) is 6.33 Å². The van der Waals surface area contributed by atoms with Crippen molar-refractivity contribution in [3.05, 3.63) is 42.4 Å². The van der Waals surface area contributed by atoms with E-state index < -0.39 is 5.60 Å². The van der Waals surface area contributed by atoms with Crippen molar-refractivity contribution in [2.75, 3.05) is 21.3 Å². The number of nitrogens with zero attached hydrogens (tertiary/aromatic N) is 4. The molecule has 0 bridgehead atoms. The van der Waals surface area contributed by atoms with E-state index >= 15 is 0 Å². The fraction of sp³-hybridized carbons (Fsp3) is 0.348. The molecule has 0 atom stereocenters. The first-order valence-corrected chi connectivity index (χ1v) is 10.8. The van der Waals surface area contributed by atoms with Crippen LogP contribution < -0.4 is 26.0 Å². The minimum atomic E-state index is -1.04. The van der Waals surface area contributed by atoms with Gasteiger partial charge < -0.3 is 20.7 Å². The predicted octanol–water partition coefficient (Wildman–Crippen LogP) is 4.00. The zero-order valence-corrected chi connectivity index (χ0v) is 20.0. The molecule has 1 aliphatic rings. The van der Waals surface area contributed by atoms with Gasteiger partial charge in [0.05, 0.1) is 5.69 Å². The van der Waals surface area contributed by atoms with Crippen molar-refractivity contribution in [1.82, 2.24) is 19.7 Å². The topological polar surface area (TPSA) is 135 Å². The minimum Gasteiger partial charge on any atom is -0.470 e. The summed E-state index contributed by atoms with van der Waals surface area (Å²) in [7, 11) is 1.79. The number of carbonyl (C=O) groups excluding carboxylic acids is 2. The van der Waals surface area contributed by atoms with Gasteiger partial charge in [-0.2, -0.15) is 5.10 Å². The second-order valence-corrected chi connectivity index (χ2v) is 9.54. The molecule has 0 radical (unpaired) electrons. The van der Waals surface area contributed by atoms with Gasteiger partial charge in [0.15, 0.2) is 17.2 Å². The van der Waals surface area contributed by atoms with Crippen molar-refractivity contribution in [1.29, 1.82) is 0 Å². The molecule has 0 saturated carbocycles. The lowest BCUT2D eigenvalue weighted by molar-refractivity contribution is -0.129. The molecule has 4 rings (SSSR count). The molecular weight excluding hydrogens is 436 g/mol. The van der Waals surface area contributed by atoms with Crippen LogP contribution in [0.25, 0.3) is 0 Å². The van der Waals surface area contributed by atoms with Gasteiger partial charge in [-0.15, -0.1) is 0 Å². The molecule has 0 spiro atoms. The number of hydrogen-bond donors (Lipinski definition) is 4. The van der Waals surface area contributed by atoms with Crippen LogP contribution >= 0.6 is 0 Å². The zero-order chi connectivity index (χ0) is 24.7. The van der Waals surface area contributed by atoms with Crippen molar-refractivity contribution < 1.29 is 14.3 Å². The summed E-state index contributed by atoms with van der Waals surface area (Å²) in [5, 5.41) is 16.0. The molecule has 3 aromatic rings. The number of anilines is 5. The summed E-state index contributed by atoms with van der Waals surface area (Å²) < 4.78 is 7.47. The Hall–Kier alpha value is -4.15. The normalized spacial score (nSPS) is 14.5. The van der Waals surface area contributed by atoms with E-state index in [1.807, 2.05) is 6.07 Å². The number of rotatable bonds is 4. The van der Waals surface area contributed by atoms with E-state index in [0.717, 1.165) is 5.69 Å². The number of aromatic nitrogens is 4. The van der Waals surface area contributed by atoms with Crippen LogP contribution in [0.5, 0.6) is 5.75 Å². The van der Waals surface area contributed by atoms with Gasteiger partial charge in [0, 0.05) is 29.9 Å². The van der Waals surface area contributed by atoms with Gasteiger partial charge in [-0.1, -0.05) is 20.8 Å². The van der Waals surface area contributed by atoms with Crippen LogP contribution in [-0.2, 0) is 17.3 Å². The maximum Gasteiger partial charge on any atom is 0.324 e. The summed E-state index contributed by atoms with van der Waals surface area (Å²) in [6.45, 7) is 9.53. The third-order valence-electron chi connectivity index (χ3n) is 5.24. The molecule has 0 fully saturated rings. The summed E-state index contributed by atoms with van der Waals surface area (Å²) in [6.07, 6.45) is 1.34. The van der Waals surface area contributed by atoms with Gasteiger partial charge in [-0.3, -0.25) is 14.8 Å². The van der Waals surface area contributed by atoms with Crippen molar-refractivity contribution in [3.8, 4) is 5.75 Å². The molecule has 178 valence electrons. The highest BCUT2D eigenvalue weighted by Gasteiger charge is 2.37. The first kappa shape index (κ1) is 23.0. The predicted molar refractivity (Wildman–Crippen MR) is 130 cm³/mol. The van der Waals surface area contributed by atoms with Crippen LogP contribution in [0.15, 0.2) is 36.7 Å². The van der Waals surface area contributed by atoms with Crippen LogP contribution in [0.4, 0.5) is 33.6 Å². The standard InChI is InChI=1S/C23H28N8O3/c1-22(2,3)15-11-16(31(6)30-15)28-21(33)27-14-9-7-13(8-10-14)26-18-17-19(25-12-24-18)29-20(32)23(4,5)34-17/h7-12H,1-6H3,(H2,27,28,33)(H2,24,25,26,29,32). The summed E-state index contributed by atoms with van der Waals surface area (Å²) in [6, 6.07) is 8.58. The van der Waals surface area contributed by atoms with Crippen molar-refractivity contribution in [2.45, 2.75) is 45.6 Å². The Balaban J connectivity index is 1.42. The molecule has 11 nitrogen and oxygen atoms in total. The lowest BCUT2D eigenvalue weighted by Crippen LogP contribution is -2.46. The number of urea groups is 1. The third kappa shape index (κ3) is 4.77. The quantitative estimate of drug-likeness (QED) is 0.458. The van der Waals surface area contributed by atoms with E-state index in [-0.39, 0.29) is 17.4 Å². The number of nitrogens with one attached hydrogen (secondary N) is 4. The van der Waals surface area contributed by atoms with Gasteiger partial charge >= 0.3 is 6.03 Å². The number of amides is 3. The van der Waals surface area contributed by atoms with E-state index in [2.05, 4.69) is 57.1 Å². The Morgan fingerprint density at radius 1 is 1.09 bits per heavy atom. The highest BCUT2D eigenvalue weighted by molar-refractivity contribution is 6.00. The van der Waals surface area contributed by atoms with Crippen molar-refractivity contribution >= 4 is 40.8 Å². The van der Waals surface area contributed by atoms with Crippen LogP contribution in [0.3, 0.4) is 0 Å². The Kier molecular flexibility index (Phi) is 5.64. The van der Waals surface area contributed by atoms with E-state index in [1.54, 1.807) is 49.8 Å². The van der Waals surface area contributed by atoms with Gasteiger partial charge in [-0.25, -0.2) is 14.8 Å². The molecule has 34 heavy (non-hydrogen) atoms. The molecule has 2 aromatic heterocycles. The van der Waals surface area contributed by atoms with Gasteiger partial charge in [-0.05, 0) is 38.1 Å². The van der Waals surface area contributed by atoms with Gasteiger partial charge in [0.25, 0.3) is 5.91 Å². The average molecular weight is 465 g/mol. The minimum absolute atomic E-state index is 0.119. The first-order chi connectivity index (χ1) is 15.9. The van der Waals surface area contributed by atoms with Crippen LogP contribution in [0.2, 0.25) is 0 Å². The average Bonchev–Trinajstić information content (AvgIpc) is 3.11. The van der Waals surface area contributed by atoms with E-state index in [9.17, 15) is 9.59 Å². The fourth-order valence-electron chi connectivity index (χ4n) is 3.21. The summed E-state index contributed by atoms with van der Waals surface area (Å²) in [4.78, 5) is 32.9. The molecule has 3 amide bonds. The van der Waals surface area contributed by atoms with Gasteiger partial charge in [0.1, 0.15) is 12.1 Å². The van der Waals surface area contributed by atoms with Gasteiger partial charge in [0.2, 0.25) is 5.75 Å². The highest BCUT2D eigenvalue weighted by atomic mass is 16.5. The Morgan fingerprint density at radius 3 is 2.41 bits per heavy atom. The summed E-state index contributed by atoms with van der Waals surface area (Å²) in [5.41, 5.74) is 1.05.